The van der Waals surface area contributed by atoms with Crippen LogP contribution in [0.4, 0.5) is 0 Å². The fourth-order valence-electron chi connectivity index (χ4n) is 1.22. The lowest BCUT2D eigenvalue weighted by Gasteiger charge is -2.20. The van der Waals surface area contributed by atoms with Gasteiger partial charge in [-0.15, -0.1) is 0 Å². The maximum atomic E-state index is 11.5. The van der Waals surface area contributed by atoms with Crippen LogP contribution >= 0.6 is 0 Å². The van der Waals surface area contributed by atoms with Crippen molar-refractivity contribution in [3.05, 3.63) is 11.6 Å². The zero-order valence-electron chi connectivity index (χ0n) is 10.2. The molecule has 0 saturated heterocycles. The van der Waals surface area contributed by atoms with Crippen LogP contribution in [0, 0.1) is 11.8 Å². The molecular weight excluding hydrogens is 204 g/mol. The number of carbonyl (C=O) groups excluding carboxylic acids is 2. The molecule has 0 bridgehead atoms. The van der Waals surface area contributed by atoms with Gasteiger partial charge in [-0.05, 0) is 12.8 Å². The molecule has 1 aliphatic rings. The van der Waals surface area contributed by atoms with Gasteiger partial charge in [-0.1, -0.05) is 5.92 Å². The third-order valence-electron chi connectivity index (χ3n) is 2.10. The Hall–Kier alpha value is -1.60. The number of quaternary nitrogens is 1. The molecule has 4 nitrogen and oxygen atoms in total. The Kier molecular flexibility index (Phi) is 3.51. The number of imide groups is 1. The second kappa shape index (κ2) is 4.50. The molecule has 0 aromatic heterocycles. The van der Waals surface area contributed by atoms with Crippen molar-refractivity contribution in [1.29, 1.82) is 0 Å². The molecule has 86 valence electrons. The Bertz CT molecular complexity index is 405. The summed E-state index contributed by atoms with van der Waals surface area (Å²) in [5.41, 5.74) is 0.485. The fourth-order valence-corrected chi connectivity index (χ4v) is 1.22. The molecule has 0 fully saturated rings. The maximum absolute atomic E-state index is 11.5. The summed E-state index contributed by atoms with van der Waals surface area (Å²) in [5, 5.41) is 0. The monoisotopic (exact) mass is 221 g/mol. The highest BCUT2D eigenvalue weighted by atomic mass is 16.2. The number of hydrogen-bond donors (Lipinski definition) is 0. The third-order valence-corrected chi connectivity index (χ3v) is 2.10. The third kappa shape index (κ3) is 3.21. The van der Waals surface area contributed by atoms with Crippen LogP contribution in [0.5, 0.6) is 0 Å². The molecule has 0 unspecified atom stereocenters. The molecule has 0 aromatic rings. The van der Waals surface area contributed by atoms with Crippen LogP contribution in [0.2, 0.25) is 0 Å². The van der Waals surface area contributed by atoms with Gasteiger partial charge in [-0.25, -0.2) is 0 Å². The van der Waals surface area contributed by atoms with E-state index < -0.39 is 0 Å². The highest BCUT2D eigenvalue weighted by molar-refractivity contribution is 6.16. The van der Waals surface area contributed by atoms with Crippen molar-refractivity contribution in [1.82, 2.24) is 4.90 Å². The van der Waals surface area contributed by atoms with Crippen molar-refractivity contribution in [2.24, 2.45) is 0 Å². The number of amides is 2. The second-order valence-electron chi connectivity index (χ2n) is 4.86. The van der Waals surface area contributed by atoms with Gasteiger partial charge in [0, 0.05) is 11.6 Å². The average Bonchev–Trinajstić information content (AvgIpc) is 2.36. The average molecular weight is 221 g/mol. The van der Waals surface area contributed by atoms with E-state index in [-0.39, 0.29) is 18.4 Å². The van der Waals surface area contributed by atoms with E-state index >= 15 is 0 Å². The summed E-state index contributed by atoms with van der Waals surface area (Å²) in [6, 6.07) is 0. The maximum Gasteiger partial charge on any atom is 0.257 e. The van der Waals surface area contributed by atoms with Crippen LogP contribution in [-0.2, 0) is 9.59 Å². The molecule has 1 aliphatic heterocycles. The molecule has 0 N–H and O–H groups in total. The lowest BCUT2D eigenvalue weighted by Crippen LogP contribution is -2.35. The minimum absolute atomic E-state index is 0.186. The summed E-state index contributed by atoms with van der Waals surface area (Å²) < 4.78 is 0.742. The van der Waals surface area contributed by atoms with Gasteiger partial charge in [0.2, 0.25) is 0 Å². The van der Waals surface area contributed by atoms with Gasteiger partial charge in [0.15, 0.2) is 0 Å². The number of rotatable bonds is 2. The number of nitrogens with zero attached hydrogens (tertiary/aromatic N) is 2. The lowest BCUT2D eigenvalue weighted by molar-refractivity contribution is -0.862. The van der Waals surface area contributed by atoms with Crippen LogP contribution in [0.1, 0.15) is 6.92 Å². The second-order valence-corrected chi connectivity index (χ2v) is 4.86. The molecule has 1 heterocycles. The topological polar surface area (TPSA) is 37.4 Å². The Morgan fingerprint density at radius 2 is 1.88 bits per heavy atom. The normalized spacial score (nSPS) is 16.0. The SMILES string of the molecule is CC1=CC(=O)N(CC#CC[N+](C)(C)C)C1=O. The molecule has 16 heavy (non-hydrogen) atoms. The van der Waals surface area contributed by atoms with Gasteiger partial charge >= 0.3 is 0 Å². The van der Waals surface area contributed by atoms with Crippen LogP contribution in [0.15, 0.2) is 11.6 Å². The summed E-state index contributed by atoms with van der Waals surface area (Å²) in [4.78, 5) is 24.0. The van der Waals surface area contributed by atoms with Crippen molar-refractivity contribution in [3.63, 3.8) is 0 Å². The molecule has 0 atom stereocenters. The van der Waals surface area contributed by atoms with Crippen molar-refractivity contribution in [3.8, 4) is 11.8 Å². The summed E-state index contributed by atoms with van der Waals surface area (Å²) >= 11 is 0. The van der Waals surface area contributed by atoms with E-state index in [1.165, 1.54) is 6.08 Å². The van der Waals surface area contributed by atoms with E-state index in [0.29, 0.717) is 12.1 Å². The Balaban J connectivity index is 2.52. The molecule has 0 radical (unpaired) electrons. The largest absolute Gasteiger partial charge is 0.321 e. The van der Waals surface area contributed by atoms with Gasteiger partial charge in [0.05, 0.1) is 27.7 Å². The summed E-state index contributed by atoms with van der Waals surface area (Å²) in [6.07, 6.45) is 1.35. The molecular formula is C12H17N2O2+. The molecule has 4 heteroatoms. The number of hydrogen-bond acceptors (Lipinski definition) is 2. The smallest absolute Gasteiger partial charge is 0.257 e. The summed E-state index contributed by atoms with van der Waals surface area (Å²) in [7, 11) is 6.10. The molecule has 0 saturated carbocycles. The molecule has 0 aromatic carbocycles. The van der Waals surface area contributed by atoms with Crippen molar-refractivity contribution in [2.45, 2.75) is 6.92 Å². The predicted octanol–water partition coefficient (Wildman–Crippen LogP) is 0.0111. The Labute approximate surface area is 96.1 Å². The van der Waals surface area contributed by atoms with E-state index in [9.17, 15) is 9.59 Å². The van der Waals surface area contributed by atoms with Gasteiger partial charge in [0.1, 0.15) is 6.54 Å². The summed E-state index contributed by atoms with van der Waals surface area (Å²) in [5.74, 6) is 5.32. The van der Waals surface area contributed by atoms with Crippen molar-refractivity contribution >= 4 is 11.8 Å². The fraction of sp³-hybridized carbons (Fsp3) is 0.500. The van der Waals surface area contributed by atoms with E-state index in [1.807, 2.05) is 21.1 Å². The zero-order chi connectivity index (χ0) is 12.3. The van der Waals surface area contributed by atoms with Gasteiger partial charge < -0.3 is 4.48 Å². The Morgan fingerprint density at radius 1 is 1.25 bits per heavy atom. The van der Waals surface area contributed by atoms with Crippen molar-refractivity contribution in [2.75, 3.05) is 34.2 Å². The molecule has 0 aliphatic carbocycles. The van der Waals surface area contributed by atoms with E-state index in [4.69, 9.17) is 0 Å². The van der Waals surface area contributed by atoms with E-state index in [0.717, 1.165) is 9.38 Å². The van der Waals surface area contributed by atoms with Crippen LogP contribution < -0.4 is 0 Å². The molecule has 0 spiro atoms. The van der Waals surface area contributed by atoms with E-state index in [2.05, 4.69) is 11.8 Å². The first-order valence-electron chi connectivity index (χ1n) is 5.11. The minimum atomic E-state index is -0.262. The van der Waals surface area contributed by atoms with Gasteiger partial charge in [-0.3, -0.25) is 14.5 Å². The molecule has 2 amide bonds. The predicted molar refractivity (Wildman–Crippen MR) is 61.2 cm³/mol. The van der Waals surface area contributed by atoms with Gasteiger partial charge in [0.25, 0.3) is 11.8 Å². The first-order valence-corrected chi connectivity index (χ1v) is 5.11. The highest BCUT2D eigenvalue weighted by Gasteiger charge is 2.27. The van der Waals surface area contributed by atoms with Crippen LogP contribution in [0.25, 0.3) is 0 Å². The van der Waals surface area contributed by atoms with E-state index in [1.54, 1.807) is 6.92 Å². The summed E-state index contributed by atoms with van der Waals surface area (Å²) in [6.45, 7) is 2.52. The van der Waals surface area contributed by atoms with Crippen LogP contribution in [0.3, 0.4) is 0 Å². The van der Waals surface area contributed by atoms with Crippen LogP contribution in [-0.4, -0.2) is 55.4 Å². The first-order chi connectivity index (χ1) is 7.31. The zero-order valence-corrected chi connectivity index (χ0v) is 10.2. The quantitative estimate of drug-likeness (QED) is 0.374. The minimum Gasteiger partial charge on any atom is -0.321 e. The standard InChI is InChI=1S/C12H17N2O2/c1-10-9-11(15)13(12(10)16)7-5-6-8-14(2,3)4/h9H,7-8H2,1-4H3/q+1. The van der Waals surface area contributed by atoms with Crippen molar-refractivity contribution < 1.29 is 14.1 Å². The molecule has 1 rings (SSSR count). The lowest BCUT2D eigenvalue weighted by atomic mass is 10.3. The number of carbonyl (C=O) groups is 2. The van der Waals surface area contributed by atoms with Gasteiger partial charge in [-0.2, -0.15) is 0 Å². The Morgan fingerprint density at radius 3 is 2.31 bits per heavy atom. The highest BCUT2D eigenvalue weighted by Crippen LogP contribution is 2.10. The first kappa shape index (κ1) is 12.5.